The Morgan fingerprint density at radius 1 is 0.576 bits per heavy atom. The van der Waals surface area contributed by atoms with Crippen LogP contribution in [0.5, 0.6) is 23.0 Å². The van der Waals surface area contributed by atoms with Gasteiger partial charge in [-0.3, -0.25) is 0 Å². The maximum Gasteiger partial charge on any atom is 0.150 e. The molecule has 6 N–H and O–H groups in total. The molecule has 0 heterocycles. The zero-order chi connectivity index (χ0) is 23.6. The van der Waals surface area contributed by atoms with E-state index in [1.807, 2.05) is 49.4 Å². The molecule has 4 rings (SSSR count). The van der Waals surface area contributed by atoms with Crippen LogP contribution in [0.25, 0.3) is 0 Å². The quantitative estimate of drug-likeness (QED) is 0.292. The molecule has 0 radical (unpaired) electrons. The van der Waals surface area contributed by atoms with Crippen LogP contribution in [0, 0.1) is 6.92 Å². The van der Waals surface area contributed by atoms with Crippen molar-refractivity contribution < 1.29 is 9.47 Å². The molecule has 0 atom stereocenters. The first-order valence-electron chi connectivity index (χ1n) is 10.8. The first-order chi connectivity index (χ1) is 15.7. The van der Waals surface area contributed by atoms with Crippen LogP contribution in [-0.2, 0) is 5.41 Å². The lowest BCUT2D eigenvalue weighted by molar-refractivity contribution is 0.478. The van der Waals surface area contributed by atoms with E-state index in [1.165, 1.54) is 11.1 Å². The fourth-order valence-corrected chi connectivity index (χ4v) is 3.75. The van der Waals surface area contributed by atoms with Gasteiger partial charge in [-0.1, -0.05) is 38.1 Å². The molecule has 0 saturated heterocycles. The summed E-state index contributed by atoms with van der Waals surface area (Å²) < 4.78 is 12.0. The summed E-state index contributed by atoms with van der Waals surface area (Å²) in [5.41, 5.74) is 22.6. The fourth-order valence-electron chi connectivity index (χ4n) is 3.75. The molecule has 33 heavy (non-hydrogen) atoms. The average Bonchev–Trinajstić information content (AvgIpc) is 2.78. The van der Waals surface area contributed by atoms with Crippen molar-refractivity contribution >= 4 is 17.1 Å². The van der Waals surface area contributed by atoms with Gasteiger partial charge in [0.2, 0.25) is 0 Å². The predicted octanol–water partition coefficient (Wildman–Crippen LogP) is 6.65. The van der Waals surface area contributed by atoms with Gasteiger partial charge in [0.15, 0.2) is 0 Å². The Bertz CT molecular complexity index is 1160. The minimum Gasteiger partial charge on any atom is -0.457 e. The van der Waals surface area contributed by atoms with Crippen molar-refractivity contribution in [2.45, 2.75) is 26.2 Å². The lowest BCUT2D eigenvalue weighted by atomic mass is 9.78. The van der Waals surface area contributed by atoms with Gasteiger partial charge in [0.25, 0.3) is 0 Å². The fraction of sp³-hybridized carbons (Fsp3) is 0.143. The topological polar surface area (TPSA) is 96.5 Å². The molecule has 4 aromatic carbocycles. The first-order valence-corrected chi connectivity index (χ1v) is 10.8. The number of nitrogens with two attached hydrogens (primary N) is 3. The van der Waals surface area contributed by atoms with Crippen molar-refractivity contribution in [3.05, 3.63) is 102 Å². The average molecular weight is 440 g/mol. The highest BCUT2D eigenvalue weighted by Gasteiger charge is 2.23. The van der Waals surface area contributed by atoms with E-state index in [9.17, 15) is 0 Å². The van der Waals surface area contributed by atoms with Crippen molar-refractivity contribution in [3.8, 4) is 23.0 Å². The summed E-state index contributed by atoms with van der Waals surface area (Å²) in [7, 11) is 0. The Kier molecular flexibility index (Phi) is 5.88. The van der Waals surface area contributed by atoms with Gasteiger partial charge in [-0.15, -0.1) is 0 Å². The number of anilines is 3. The molecule has 0 aliphatic rings. The first kappa shape index (κ1) is 22.1. The maximum absolute atomic E-state index is 6.04. The van der Waals surface area contributed by atoms with E-state index in [4.69, 9.17) is 26.7 Å². The SMILES string of the molecule is Cc1cc(N)ccc1Oc1ccc(C(C)(C)c2ccc(Oc3ccc(N)cc3N)cc2)cc1. The van der Waals surface area contributed by atoms with Gasteiger partial charge in [-0.05, 0) is 84.3 Å². The Morgan fingerprint density at radius 2 is 1.03 bits per heavy atom. The van der Waals surface area contributed by atoms with Crippen LogP contribution in [-0.4, -0.2) is 0 Å². The van der Waals surface area contributed by atoms with E-state index < -0.39 is 0 Å². The second-order valence-corrected chi connectivity index (χ2v) is 8.70. The van der Waals surface area contributed by atoms with Gasteiger partial charge in [-0.2, -0.15) is 0 Å². The largest absolute Gasteiger partial charge is 0.457 e. The third-order valence-electron chi connectivity index (χ3n) is 5.84. The summed E-state index contributed by atoms with van der Waals surface area (Å²) in [6, 6.07) is 27.1. The Morgan fingerprint density at radius 3 is 1.52 bits per heavy atom. The zero-order valence-corrected chi connectivity index (χ0v) is 19.1. The summed E-state index contributed by atoms with van der Waals surface area (Å²) in [5.74, 6) is 2.89. The Labute approximate surface area is 194 Å². The van der Waals surface area contributed by atoms with Crippen LogP contribution in [0.15, 0.2) is 84.9 Å². The van der Waals surface area contributed by atoms with E-state index in [0.717, 1.165) is 22.7 Å². The van der Waals surface area contributed by atoms with E-state index in [0.29, 0.717) is 22.9 Å². The van der Waals surface area contributed by atoms with Gasteiger partial charge in [-0.25, -0.2) is 0 Å². The van der Waals surface area contributed by atoms with Crippen LogP contribution in [0.3, 0.4) is 0 Å². The zero-order valence-electron chi connectivity index (χ0n) is 19.1. The number of hydrogen-bond donors (Lipinski definition) is 3. The van der Waals surface area contributed by atoms with Crippen LogP contribution in [0.2, 0.25) is 0 Å². The molecule has 0 bridgehead atoms. The highest BCUT2D eigenvalue weighted by atomic mass is 16.5. The van der Waals surface area contributed by atoms with Gasteiger partial charge in [0.1, 0.15) is 23.0 Å². The molecule has 168 valence electrons. The van der Waals surface area contributed by atoms with E-state index >= 15 is 0 Å². The van der Waals surface area contributed by atoms with Crippen LogP contribution in [0.4, 0.5) is 17.1 Å². The van der Waals surface area contributed by atoms with Crippen molar-refractivity contribution in [1.29, 1.82) is 0 Å². The highest BCUT2D eigenvalue weighted by molar-refractivity contribution is 5.61. The van der Waals surface area contributed by atoms with Crippen molar-refractivity contribution in [2.24, 2.45) is 0 Å². The molecule has 0 saturated carbocycles. The second-order valence-electron chi connectivity index (χ2n) is 8.70. The number of rotatable bonds is 6. The molecule has 5 heteroatoms. The number of hydrogen-bond acceptors (Lipinski definition) is 5. The highest BCUT2D eigenvalue weighted by Crippen LogP contribution is 2.36. The Balaban J connectivity index is 1.49. The molecule has 0 amide bonds. The van der Waals surface area contributed by atoms with Crippen LogP contribution < -0.4 is 26.7 Å². The lowest BCUT2D eigenvalue weighted by Crippen LogP contribution is -2.18. The molecule has 5 nitrogen and oxygen atoms in total. The van der Waals surface area contributed by atoms with E-state index in [1.54, 1.807) is 18.2 Å². The number of benzene rings is 4. The molecule has 0 aliphatic carbocycles. The number of ether oxygens (including phenoxy) is 2. The molecular formula is C28H29N3O2. The molecular weight excluding hydrogens is 410 g/mol. The van der Waals surface area contributed by atoms with Gasteiger partial charge < -0.3 is 26.7 Å². The molecule has 0 aliphatic heterocycles. The Hall–Kier alpha value is -4.12. The van der Waals surface area contributed by atoms with Gasteiger partial charge >= 0.3 is 0 Å². The summed E-state index contributed by atoms with van der Waals surface area (Å²) in [4.78, 5) is 0. The van der Waals surface area contributed by atoms with Crippen LogP contribution in [0.1, 0.15) is 30.5 Å². The van der Waals surface area contributed by atoms with Gasteiger partial charge in [0, 0.05) is 16.8 Å². The van der Waals surface area contributed by atoms with Crippen molar-refractivity contribution in [2.75, 3.05) is 17.2 Å². The molecule has 0 fully saturated rings. The molecule has 0 unspecified atom stereocenters. The normalized spacial score (nSPS) is 11.2. The van der Waals surface area contributed by atoms with E-state index in [2.05, 4.69) is 38.1 Å². The third-order valence-corrected chi connectivity index (χ3v) is 5.84. The standard InChI is InChI=1S/C28H29N3O2/c1-18-16-21(29)8-14-26(18)32-23-10-4-19(5-11-23)28(2,3)20-6-12-24(13-7-20)33-27-15-9-22(30)17-25(27)31/h4-17H,29-31H2,1-3H3. The number of nitrogen functional groups attached to an aromatic ring is 3. The summed E-state index contributed by atoms with van der Waals surface area (Å²) in [6.07, 6.45) is 0. The lowest BCUT2D eigenvalue weighted by Gasteiger charge is -2.26. The molecule has 0 aromatic heterocycles. The summed E-state index contributed by atoms with van der Waals surface area (Å²) in [6.45, 7) is 6.37. The van der Waals surface area contributed by atoms with Gasteiger partial charge in [0.05, 0.1) is 5.69 Å². The van der Waals surface area contributed by atoms with E-state index in [-0.39, 0.29) is 5.41 Å². The maximum atomic E-state index is 6.04. The van der Waals surface area contributed by atoms with Crippen molar-refractivity contribution in [1.82, 2.24) is 0 Å². The third kappa shape index (κ3) is 4.88. The molecule has 4 aromatic rings. The smallest absolute Gasteiger partial charge is 0.150 e. The predicted molar refractivity (Wildman–Crippen MR) is 136 cm³/mol. The monoisotopic (exact) mass is 439 g/mol. The minimum absolute atomic E-state index is 0.200. The second kappa shape index (κ2) is 8.79. The summed E-state index contributed by atoms with van der Waals surface area (Å²) in [5, 5.41) is 0. The van der Waals surface area contributed by atoms with Crippen LogP contribution >= 0.6 is 0 Å². The number of aryl methyl sites for hydroxylation is 1. The summed E-state index contributed by atoms with van der Waals surface area (Å²) >= 11 is 0. The molecule has 0 spiro atoms. The van der Waals surface area contributed by atoms with Crippen molar-refractivity contribution in [3.63, 3.8) is 0 Å². The minimum atomic E-state index is -0.200.